The zero-order chi connectivity index (χ0) is 10.7. The van der Waals surface area contributed by atoms with Gasteiger partial charge in [0.05, 0.1) is 5.69 Å². The van der Waals surface area contributed by atoms with Crippen LogP contribution in [0.25, 0.3) is 0 Å². The number of para-hydroxylation sites is 1. The average Bonchev–Trinajstić information content (AvgIpc) is 2.70. The van der Waals surface area contributed by atoms with Crippen LogP contribution in [0.1, 0.15) is 12.0 Å². The fourth-order valence-electron chi connectivity index (χ4n) is 1.85. The van der Waals surface area contributed by atoms with Gasteiger partial charge >= 0.3 is 0 Å². The van der Waals surface area contributed by atoms with Gasteiger partial charge < -0.3 is 5.32 Å². The highest BCUT2D eigenvalue weighted by molar-refractivity contribution is 7.99. The number of hydrogen-bond acceptors (Lipinski definition) is 2. The van der Waals surface area contributed by atoms with Crippen molar-refractivity contribution < 1.29 is 4.39 Å². The minimum Gasteiger partial charge on any atom is -0.382 e. The van der Waals surface area contributed by atoms with Gasteiger partial charge in [-0.25, -0.2) is 4.39 Å². The molecule has 1 N–H and O–H groups in total. The minimum absolute atomic E-state index is 0.138. The van der Waals surface area contributed by atoms with Crippen molar-refractivity contribution in [2.24, 2.45) is 5.92 Å². The largest absolute Gasteiger partial charge is 0.382 e. The van der Waals surface area contributed by atoms with Gasteiger partial charge in [-0.15, -0.1) is 0 Å². The Balaban J connectivity index is 1.97. The standard InChI is InChI=1S/C12H16FNS/c1-9-3-2-4-11(13)12(9)14-7-10-5-6-15-8-10/h2-4,10,14H,5-8H2,1H3. The Kier molecular flexibility index (Phi) is 3.52. The van der Waals surface area contributed by atoms with E-state index in [1.165, 1.54) is 24.0 Å². The molecule has 1 heterocycles. The predicted octanol–water partition coefficient (Wildman–Crippen LogP) is 3.30. The smallest absolute Gasteiger partial charge is 0.146 e. The highest BCUT2D eigenvalue weighted by Gasteiger charge is 2.15. The van der Waals surface area contributed by atoms with E-state index < -0.39 is 0 Å². The lowest BCUT2D eigenvalue weighted by atomic mass is 10.1. The number of halogens is 1. The van der Waals surface area contributed by atoms with E-state index in [0.29, 0.717) is 11.6 Å². The number of thioether (sulfide) groups is 1. The summed E-state index contributed by atoms with van der Waals surface area (Å²) < 4.78 is 13.5. The van der Waals surface area contributed by atoms with Gasteiger partial charge in [0, 0.05) is 6.54 Å². The summed E-state index contributed by atoms with van der Waals surface area (Å²) in [6.07, 6.45) is 1.26. The van der Waals surface area contributed by atoms with Crippen molar-refractivity contribution in [3.05, 3.63) is 29.6 Å². The number of nitrogens with one attached hydrogen (secondary N) is 1. The molecule has 0 saturated carbocycles. The van der Waals surface area contributed by atoms with Crippen molar-refractivity contribution in [3.63, 3.8) is 0 Å². The van der Waals surface area contributed by atoms with E-state index in [9.17, 15) is 4.39 Å². The van der Waals surface area contributed by atoms with E-state index in [2.05, 4.69) is 5.32 Å². The number of aryl methyl sites for hydroxylation is 1. The van der Waals surface area contributed by atoms with Crippen molar-refractivity contribution in [1.82, 2.24) is 0 Å². The summed E-state index contributed by atoms with van der Waals surface area (Å²) in [7, 11) is 0. The van der Waals surface area contributed by atoms with E-state index in [1.54, 1.807) is 6.07 Å². The lowest BCUT2D eigenvalue weighted by Crippen LogP contribution is -2.14. The molecule has 1 atom stereocenters. The summed E-state index contributed by atoms with van der Waals surface area (Å²) in [5.74, 6) is 3.03. The quantitative estimate of drug-likeness (QED) is 0.847. The Morgan fingerprint density at radius 2 is 2.40 bits per heavy atom. The van der Waals surface area contributed by atoms with Crippen LogP contribution in [0.15, 0.2) is 18.2 Å². The van der Waals surface area contributed by atoms with Crippen LogP contribution in [0.3, 0.4) is 0 Å². The van der Waals surface area contributed by atoms with Gasteiger partial charge in [-0.2, -0.15) is 11.8 Å². The van der Waals surface area contributed by atoms with Gasteiger partial charge in [0.15, 0.2) is 0 Å². The normalized spacial score (nSPS) is 20.5. The molecular formula is C12H16FNS. The molecule has 1 nitrogen and oxygen atoms in total. The Hall–Kier alpha value is -0.700. The first kappa shape index (κ1) is 10.8. The van der Waals surface area contributed by atoms with Crippen LogP contribution >= 0.6 is 11.8 Å². The average molecular weight is 225 g/mol. The lowest BCUT2D eigenvalue weighted by Gasteiger charge is -2.13. The van der Waals surface area contributed by atoms with E-state index >= 15 is 0 Å². The van der Waals surface area contributed by atoms with Crippen LogP contribution in [0, 0.1) is 18.7 Å². The number of anilines is 1. The molecule has 3 heteroatoms. The molecular weight excluding hydrogens is 209 g/mol. The second-order valence-electron chi connectivity index (χ2n) is 4.04. The molecule has 0 aromatic heterocycles. The molecule has 1 unspecified atom stereocenters. The van der Waals surface area contributed by atoms with Crippen molar-refractivity contribution in [2.45, 2.75) is 13.3 Å². The molecule has 2 rings (SSSR count). The maximum Gasteiger partial charge on any atom is 0.146 e. The first-order valence-electron chi connectivity index (χ1n) is 5.34. The van der Waals surface area contributed by atoms with Crippen LogP contribution in [0.2, 0.25) is 0 Å². The SMILES string of the molecule is Cc1cccc(F)c1NCC1CCSC1. The van der Waals surface area contributed by atoms with Crippen LogP contribution in [-0.2, 0) is 0 Å². The van der Waals surface area contributed by atoms with Crippen molar-refractivity contribution in [2.75, 3.05) is 23.4 Å². The zero-order valence-corrected chi connectivity index (χ0v) is 9.74. The third-order valence-corrected chi connectivity index (χ3v) is 4.04. The van der Waals surface area contributed by atoms with Crippen LogP contribution in [-0.4, -0.2) is 18.1 Å². The number of rotatable bonds is 3. The van der Waals surface area contributed by atoms with E-state index in [-0.39, 0.29) is 5.82 Å². The second kappa shape index (κ2) is 4.88. The van der Waals surface area contributed by atoms with Gasteiger partial charge in [0.1, 0.15) is 5.82 Å². The highest BCUT2D eigenvalue weighted by Crippen LogP contribution is 2.25. The molecule has 0 bridgehead atoms. The molecule has 1 aromatic carbocycles. The highest BCUT2D eigenvalue weighted by atomic mass is 32.2. The molecule has 1 saturated heterocycles. The third-order valence-electron chi connectivity index (χ3n) is 2.81. The third kappa shape index (κ3) is 2.65. The predicted molar refractivity (Wildman–Crippen MR) is 65.1 cm³/mol. The van der Waals surface area contributed by atoms with E-state index in [4.69, 9.17) is 0 Å². The summed E-state index contributed by atoms with van der Waals surface area (Å²) in [5, 5.41) is 3.23. The Labute approximate surface area is 94.5 Å². The molecule has 0 aliphatic carbocycles. The van der Waals surface area contributed by atoms with Crippen LogP contribution < -0.4 is 5.32 Å². The van der Waals surface area contributed by atoms with E-state index in [1.807, 2.05) is 24.8 Å². The minimum atomic E-state index is -0.138. The van der Waals surface area contributed by atoms with Crippen molar-refractivity contribution in [3.8, 4) is 0 Å². The van der Waals surface area contributed by atoms with Gasteiger partial charge in [0.2, 0.25) is 0 Å². The summed E-state index contributed by atoms with van der Waals surface area (Å²) in [5.41, 5.74) is 1.66. The first-order valence-corrected chi connectivity index (χ1v) is 6.49. The maximum absolute atomic E-state index is 13.5. The van der Waals surface area contributed by atoms with Crippen molar-refractivity contribution in [1.29, 1.82) is 0 Å². The topological polar surface area (TPSA) is 12.0 Å². The molecule has 82 valence electrons. The summed E-state index contributed by atoms with van der Waals surface area (Å²) >= 11 is 1.99. The summed E-state index contributed by atoms with van der Waals surface area (Å²) in [4.78, 5) is 0. The lowest BCUT2D eigenvalue weighted by molar-refractivity contribution is 0.610. The van der Waals surface area contributed by atoms with Gasteiger partial charge in [-0.3, -0.25) is 0 Å². The molecule has 1 aliphatic heterocycles. The fourth-order valence-corrected chi connectivity index (χ4v) is 3.13. The number of benzene rings is 1. The molecule has 15 heavy (non-hydrogen) atoms. The molecule has 0 radical (unpaired) electrons. The van der Waals surface area contributed by atoms with Crippen LogP contribution in [0.5, 0.6) is 0 Å². The second-order valence-corrected chi connectivity index (χ2v) is 5.19. The molecule has 1 fully saturated rings. The summed E-state index contributed by atoms with van der Waals surface area (Å²) in [6, 6.07) is 5.20. The van der Waals surface area contributed by atoms with E-state index in [0.717, 1.165) is 12.1 Å². The fraction of sp³-hybridized carbons (Fsp3) is 0.500. The molecule has 0 amide bonds. The molecule has 0 spiro atoms. The molecule has 1 aromatic rings. The van der Waals surface area contributed by atoms with Crippen LogP contribution in [0.4, 0.5) is 10.1 Å². The Morgan fingerprint density at radius 1 is 1.53 bits per heavy atom. The number of hydrogen-bond donors (Lipinski definition) is 1. The monoisotopic (exact) mass is 225 g/mol. The Bertz CT molecular complexity index is 314. The summed E-state index contributed by atoms with van der Waals surface area (Å²) in [6.45, 7) is 2.84. The molecule has 1 aliphatic rings. The van der Waals surface area contributed by atoms with Gasteiger partial charge in [-0.05, 0) is 42.4 Å². The zero-order valence-electron chi connectivity index (χ0n) is 8.92. The maximum atomic E-state index is 13.5. The van der Waals surface area contributed by atoms with Gasteiger partial charge in [0.25, 0.3) is 0 Å². The van der Waals surface area contributed by atoms with Crippen molar-refractivity contribution >= 4 is 17.4 Å². The van der Waals surface area contributed by atoms with Gasteiger partial charge in [-0.1, -0.05) is 12.1 Å². The first-order chi connectivity index (χ1) is 7.27. The Morgan fingerprint density at radius 3 is 3.07 bits per heavy atom.